The van der Waals surface area contributed by atoms with Crippen LogP contribution in [0.15, 0.2) is 53.7 Å². The Morgan fingerprint density at radius 1 is 1.19 bits per heavy atom. The molecule has 0 aliphatic carbocycles. The fourth-order valence-corrected chi connectivity index (χ4v) is 3.60. The van der Waals surface area contributed by atoms with Gasteiger partial charge in [-0.1, -0.05) is 42.1 Å². The van der Waals surface area contributed by atoms with E-state index >= 15 is 0 Å². The summed E-state index contributed by atoms with van der Waals surface area (Å²) in [5.74, 6) is 1.92. The van der Waals surface area contributed by atoms with Gasteiger partial charge in [-0.2, -0.15) is 0 Å². The van der Waals surface area contributed by atoms with Crippen molar-refractivity contribution in [2.75, 3.05) is 7.11 Å². The molecule has 2 aromatic carbocycles. The van der Waals surface area contributed by atoms with Crippen molar-refractivity contribution >= 4 is 17.4 Å². The van der Waals surface area contributed by atoms with Gasteiger partial charge in [0.15, 0.2) is 11.0 Å². The smallest absolute Gasteiger partial charge is 0.270 e. The molecule has 0 amide bonds. The Bertz CT molecular complexity index is 912. The highest BCUT2D eigenvalue weighted by Gasteiger charge is 2.16. The van der Waals surface area contributed by atoms with E-state index in [9.17, 15) is 10.1 Å². The molecule has 0 N–H and O–H groups in total. The summed E-state index contributed by atoms with van der Waals surface area (Å²) < 4.78 is 7.35. The van der Waals surface area contributed by atoms with Gasteiger partial charge in [0.1, 0.15) is 5.75 Å². The minimum absolute atomic E-state index is 0.0448. The topological polar surface area (TPSA) is 83.1 Å². The van der Waals surface area contributed by atoms with Gasteiger partial charge < -0.3 is 9.30 Å². The van der Waals surface area contributed by atoms with Gasteiger partial charge in [0.25, 0.3) is 5.69 Å². The molecule has 7 nitrogen and oxygen atoms in total. The van der Waals surface area contributed by atoms with E-state index in [1.54, 1.807) is 13.2 Å². The predicted octanol–water partition coefficient (Wildman–Crippen LogP) is 4.17. The van der Waals surface area contributed by atoms with Crippen LogP contribution in [0.1, 0.15) is 12.5 Å². The average molecular weight is 370 g/mol. The maximum absolute atomic E-state index is 11.0. The Morgan fingerprint density at radius 2 is 1.96 bits per heavy atom. The molecule has 0 atom stereocenters. The standard InChI is InChI=1S/C18H18N4O3S/c1-3-21-17(13-7-5-4-6-8-13)19-20-18(21)26-12-14-11-15(22(23)24)9-10-16(14)25-2/h4-11H,3,12H2,1-2H3. The second-order valence-corrected chi connectivity index (χ2v) is 6.40. The van der Waals surface area contributed by atoms with E-state index < -0.39 is 4.92 Å². The number of nitrogens with zero attached hydrogens (tertiary/aromatic N) is 4. The molecule has 1 aromatic heterocycles. The van der Waals surface area contributed by atoms with Gasteiger partial charge in [-0.25, -0.2) is 0 Å². The normalized spacial score (nSPS) is 10.7. The Balaban J connectivity index is 1.86. The third kappa shape index (κ3) is 3.70. The molecule has 0 spiro atoms. The molecular formula is C18H18N4O3S. The largest absolute Gasteiger partial charge is 0.496 e. The second-order valence-electron chi connectivity index (χ2n) is 5.46. The van der Waals surface area contributed by atoms with Crippen molar-refractivity contribution in [1.82, 2.24) is 14.8 Å². The number of nitro benzene ring substituents is 1. The molecule has 0 aliphatic rings. The summed E-state index contributed by atoms with van der Waals surface area (Å²) in [5, 5.41) is 20.4. The number of thioether (sulfide) groups is 1. The Hall–Kier alpha value is -2.87. The van der Waals surface area contributed by atoms with Gasteiger partial charge in [-0.3, -0.25) is 10.1 Å². The minimum atomic E-state index is -0.407. The maximum atomic E-state index is 11.0. The number of rotatable bonds is 7. The van der Waals surface area contributed by atoms with Gasteiger partial charge in [0.2, 0.25) is 0 Å². The Morgan fingerprint density at radius 3 is 2.62 bits per heavy atom. The van der Waals surface area contributed by atoms with Crippen LogP contribution in [0.25, 0.3) is 11.4 Å². The SMILES string of the molecule is CCn1c(SCc2cc([N+](=O)[O-])ccc2OC)nnc1-c1ccccc1. The van der Waals surface area contributed by atoms with E-state index in [4.69, 9.17) is 4.74 Å². The number of hydrogen-bond donors (Lipinski definition) is 0. The van der Waals surface area contributed by atoms with Crippen molar-refractivity contribution in [3.05, 3.63) is 64.2 Å². The summed E-state index contributed by atoms with van der Waals surface area (Å²) in [4.78, 5) is 10.6. The summed E-state index contributed by atoms with van der Waals surface area (Å²) in [7, 11) is 1.55. The molecule has 0 saturated heterocycles. The lowest BCUT2D eigenvalue weighted by Gasteiger charge is -2.09. The molecule has 0 unspecified atom stereocenters. The molecule has 8 heteroatoms. The van der Waals surface area contributed by atoms with Crippen LogP contribution < -0.4 is 4.74 Å². The summed E-state index contributed by atoms with van der Waals surface area (Å²) in [5.41, 5.74) is 1.79. The van der Waals surface area contributed by atoms with Gasteiger partial charge in [-0.05, 0) is 13.0 Å². The van der Waals surface area contributed by atoms with E-state index in [1.807, 2.05) is 41.8 Å². The zero-order valence-electron chi connectivity index (χ0n) is 14.5. The first-order valence-corrected chi connectivity index (χ1v) is 9.05. The maximum Gasteiger partial charge on any atom is 0.270 e. The fourth-order valence-electron chi connectivity index (χ4n) is 2.61. The van der Waals surface area contributed by atoms with E-state index in [0.29, 0.717) is 11.5 Å². The van der Waals surface area contributed by atoms with Crippen LogP contribution in [0.3, 0.4) is 0 Å². The van der Waals surface area contributed by atoms with Crippen LogP contribution in [0.2, 0.25) is 0 Å². The van der Waals surface area contributed by atoms with Crippen molar-refractivity contribution in [3.8, 4) is 17.1 Å². The van der Waals surface area contributed by atoms with Crippen LogP contribution in [-0.4, -0.2) is 26.8 Å². The van der Waals surface area contributed by atoms with Crippen LogP contribution in [0, 0.1) is 10.1 Å². The minimum Gasteiger partial charge on any atom is -0.496 e. The third-order valence-corrected chi connectivity index (χ3v) is 4.91. The quantitative estimate of drug-likeness (QED) is 0.352. The number of nitro groups is 1. The third-order valence-electron chi connectivity index (χ3n) is 3.90. The number of ether oxygens (including phenoxy) is 1. The number of non-ortho nitro benzene ring substituents is 1. The van der Waals surface area contributed by atoms with Crippen molar-refractivity contribution in [1.29, 1.82) is 0 Å². The van der Waals surface area contributed by atoms with E-state index in [0.717, 1.165) is 28.7 Å². The molecule has 0 radical (unpaired) electrons. The molecule has 0 bridgehead atoms. The van der Waals surface area contributed by atoms with E-state index in [-0.39, 0.29) is 5.69 Å². The fraction of sp³-hybridized carbons (Fsp3) is 0.222. The molecule has 0 aliphatic heterocycles. The molecule has 1 heterocycles. The predicted molar refractivity (Wildman–Crippen MR) is 100 cm³/mol. The molecule has 3 rings (SSSR count). The summed E-state index contributed by atoms with van der Waals surface area (Å²) in [6, 6.07) is 14.5. The van der Waals surface area contributed by atoms with Crippen molar-refractivity contribution in [3.63, 3.8) is 0 Å². The van der Waals surface area contributed by atoms with Crippen LogP contribution in [-0.2, 0) is 12.3 Å². The lowest BCUT2D eigenvalue weighted by Crippen LogP contribution is -2.00. The zero-order valence-corrected chi connectivity index (χ0v) is 15.3. The van der Waals surface area contributed by atoms with Gasteiger partial charge in [0.05, 0.1) is 12.0 Å². The highest BCUT2D eigenvalue weighted by Crippen LogP contribution is 2.31. The van der Waals surface area contributed by atoms with Crippen molar-refractivity contribution in [2.45, 2.75) is 24.4 Å². The molecule has 26 heavy (non-hydrogen) atoms. The highest BCUT2D eigenvalue weighted by atomic mass is 32.2. The molecule has 134 valence electrons. The molecule has 0 fully saturated rings. The zero-order chi connectivity index (χ0) is 18.5. The van der Waals surface area contributed by atoms with Crippen LogP contribution in [0.4, 0.5) is 5.69 Å². The Labute approximate surface area is 155 Å². The first-order chi connectivity index (χ1) is 12.6. The summed E-state index contributed by atoms with van der Waals surface area (Å²) >= 11 is 1.48. The molecule has 0 saturated carbocycles. The molecule has 3 aromatic rings. The first-order valence-electron chi connectivity index (χ1n) is 8.06. The average Bonchev–Trinajstić information content (AvgIpc) is 3.09. The van der Waals surface area contributed by atoms with E-state index in [2.05, 4.69) is 10.2 Å². The highest BCUT2D eigenvalue weighted by molar-refractivity contribution is 7.98. The van der Waals surface area contributed by atoms with Crippen molar-refractivity contribution < 1.29 is 9.66 Å². The van der Waals surface area contributed by atoms with Crippen LogP contribution in [0.5, 0.6) is 5.75 Å². The number of aromatic nitrogens is 3. The van der Waals surface area contributed by atoms with Crippen molar-refractivity contribution in [2.24, 2.45) is 0 Å². The Kier molecular flexibility index (Phi) is 5.52. The van der Waals surface area contributed by atoms with Gasteiger partial charge >= 0.3 is 0 Å². The molecular weight excluding hydrogens is 352 g/mol. The monoisotopic (exact) mass is 370 g/mol. The summed E-state index contributed by atoms with van der Waals surface area (Å²) in [6.07, 6.45) is 0. The van der Waals surface area contributed by atoms with E-state index in [1.165, 1.54) is 23.9 Å². The summed E-state index contributed by atoms with van der Waals surface area (Å²) in [6.45, 7) is 2.76. The first kappa shape index (κ1) is 17.9. The number of benzene rings is 2. The number of methoxy groups -OCH3 is 1. The lowest BCUT2D eigenvalue weighted by molar-refractivity contribution is -0.384. The second kappa shape index (κ2) is 8.01. The number of hydrogen-bond acceptors (Lipinski definition) is 6. The van der Waals surface area contributed by atoms with Gasteiger partial charge in [0, 0.05) is 35.6 Å². The van der Waals surface area contributed by atoms with Crippen LogP contribution >= 0.6 is 11.8 Å². The lowest BCUT2D eigenvalue weighted by atomic mass is 10.2. The van der Waals surface area contributed by atoms with Gasteiger partial charge in [-0.15, -0.1) is 10.2 Å².